The molecule has 2 amide bonds. The summed E-state index contributed by atoms with van der Waals surface area (Å²) in [5.74, 6) is -0.666. The molecule has 32 heavy (non-hydrogen) atoms. The normalized spacial score (nSPS) is 14.9. The number of carbonyl (C=O) groups is 2. The summed E-state index contributed by atoms with van der Waals surface area (Å²) in [5, 5.41) is 7.09. The van der Waals surface area contributed by atoms with Gasteiger partial charge in [0.15, 0.2) is 0 Å². The van der Waals surface area contributed by atoms with Gasteiger partial charge in [-0.2, -0.15) is 5.10 Å². The van der Waals surface area contributed by atoms with Crippen molar-refractivity contribution in [2.75, 3.05) is 10.2 Å². The third kappa shape index (κ3) is 4.06. The summed E-state index contributed by atoms with van der Waals surface area (Å²) in [4.78, 5) is 39.9. The molecule has 4 rings (SSSR count). The molecule has 164 valence electrons. The lowest BCUT2D eigenvalue weighted by atomic mass is 10.1. The predicted molar refractivity (Wildman–Crippen MR) is 124 cm³/mol. The van der Waals surface area contributed by atoms with Crippen LogP contribution in [0.4, 0.5) is 11.4 Å². The Bertz CT molecular complexity index is 1260. The maximum atomic E-state index is 13.2. The number of amides is 2. The topological polar surface area (TPSA) is 84.3 Å². The van der Waals surface area contributed by atoms with Crippen molar-refractivity contribution >= 4 is 23.2 Å². The molecule has 0 fully saturated rings. The van der Waals surface area contributed by atoms with Crippen LogP contribution in [0.15, 0.2) is 53.3 Å². The lowest BCUT2D eigenvalue weighted by molar-refractivity contribution is -0.117. The Hall–Kier alpha value is -3.74. The molecule has 1 aliphatic heterocycles. The number of aryl methyl sites for hydroxylation is 3. The van der Waals surface area contributed by atoms with Gasteiger partial charge in [0.2, 0.25) is 5.91 Å². The van der Waals surface area contributed by atoms with E-state index >= 15 is 0 Å². The molecule has 0 spiro atoms. The molecule has 3 aromatic rings. The molecule has 0 saturated heterocycles. The van der Waals surface area contributed by atoms with Gasteiger partial charge in [-0.15, -0.1) is 0 Å². The van der Waals surface area contributed by atoms with E-state index in [-0.39, 0.29) is 30.1 Å². The van der Waals surface area contributed by atoms with Crippen LogP contribution in [0, 0.1) is 20.8 Å². The average Bonchev–Trinajstić information content (AvgIpc) is 3.07. The first kappa shape index (κ1) is 21.5. The molecule has 1 aromatic heterocycles. The molecule has 1 atom stereocenters. The van der Waals surface area contributed by atoms with E-state index in [1.165, 1.54) is 12.1 Å². The van der Waals surface area contributed by atoms with Crippen molar-refractivity contribution < 1.29 is 9.59 Å². The van der Waals surface area contributed by atoms with Crippen LogP contribution in [0.3, 0.4) is 0 Å². The number of rotatable bonds is 4. The second-order valence-corrected chi connectivity index (χ2v) is 8.39. The minimum Gasteiger partial charge on any atom is -0.324 e. The molecule has 7 heteroatoms. The van der Waals surface area contributed by atoms with Gasteiger partial charge in [0.25, 0.3) is 11.5 Å². The van der Waals surface area contributed by atoms with Crippen molar-refractivity contribution in [3.63, 3.8) is 0 Å². The highest BCUT2D eigenvalue weighted by atomic mass is 16.2. The zero-order chi connectivity index (χ0) is 23.0. The molecule has 1 aliphatic rings. The van der Waals surface area contributed by atoms with Crippen molar-refractivity contribution in [1.82, 2.24) is 9.78 Å². The van der Waals surface area contributed by atoms with Crippen LogP contribution in [-0.4, -0.2) is 27.6 Å². The Morgan fingerprint density at radius 1 is 1.06 bits per heavy atom. The van der Waals surface area contributed by atoms with Crippen LogP contribution in [0.5, 0.6) is 0 Å². The van der Waals surface area contributed by atoms with Gasteiger partial charge in [0.1, 0.15) is 12.2 Å². The fourth-order valence-electron chi connectivity index (χ4n) is 4.37. The van der Waals surface area contributed by atoms with E-state index < -0.39 is 5.56 Å². The number of hydrogen-bond donors (Lipinski definition) is 1. The van der Waals surface area contributed by atoms with E-state index in [9.17, 15) is 14.4 Å². The minimum absolute atomic E-state index is 0.0159. The van der Waals surface area contributed by atoms with Gasteiger partial charge in [-0.05, 0) is 62.9 Å². The Kier molecular flexibility index (Phi) is 5.65. The van der Waals surface area contributed by atoms with Crippen LogP contribution in [-0.2, 0) is 17.8 Å². The molecule has 0 aliphatic carbocycles. The van der Waals surface area contributed by atoms with Crippen molar-refractivity contribution in [1.29, 1.82) is 0 Å². The first-order chi connectivity index (χ1) is 15.2. The standard InChI is InChI=1S/C25H26N4O3/c1-15-11-16(2)24(17(3)12-15)26-22(30)14-28-23(31)10-9-20(27-28)25(32)29-18(4)13-19-7-5-6-8-21(19)29/h5-12,18H,13-14H2,1-4H3,(H,26,30)/t18-/m1/s1. The zero-order valence-corrected chi connectivity index (χ0v) is 18.7. The SMILES string of the molecule is Cc1cc(C)c(NC(=O)Cn2nc(C(=O)N3c4ccccc4C[C@H]3C)ccc2=O)c(C)c1. The highest BCUT2D eigenvalue weighted by Gasteiger charge is 2.32. The van der Waals surface area contributed by atoms with Crippen LogP contribution in [0.1, 0.15) is 39.7 Å². The quantitative estimate of drug-likeness (QED) is 0.688. The van der Waals surface area contributed by atoms with Gasteiger partial charge >= 0.3 is 0 Å². The molecule has 0 radical (unpaired) electrons. The fraction of sp³-hybridized carbons (Fsp3) is 0.280. The number of para-hydroxylation sites is 1. The van der Waals surface area contributed by atoms with Crippen LogP contribution < -0.4 is 15.8 Å². The molecule has 2 heterocycles. The number of fused-ring (bicyclic) bond motifs is 1. The third-order valence-electron chi connectivity index (χ3n) is 5.75. The van der Waals surface area contributed by atoms with E-state index in [0.717, 1.165) is 44.7 Å². The Morgan fingerprint density at radius 2 is 1.75 bits per heavy atom. The van der Waals surface area contributed by atoms with Crippen molar-refractivity contribution in [3.05, 3.63) is 86.8 Å². The summed E-state index contributed by atoms with van der Waals surface area (Å²) in [6.07, 6.45) is 0.763. The molecular formula is C25H26N4O3. The van der Waals surface area contributed by atoms with Crippen LogP contribution >= 0.6 is 0 Å². The number of benzene rings is 2. The Labute approximate surface area is 186 Å². The van der Waals surface area contributed by atoms with Crippen LogP contribution in [0.2, 0.25) is 0 Å². The summed E-state index contributed by atoms with van der Waals surface area (Å²) in [6.45, 7) is 7.55. The lowest BCUT2D eigenvalue weighted by Gasteiger charge is -2.22. The molecule has 1 N–H and O–H groups in total. The average molecular weight is 431 g/mol. The maximum Gasteiger partial charge on any atom is 0.278 e. The predicted octanol–water partition coefficient (Wildman–Crippen LogP) is 3.40. The van der Waals surface area contributed by atoms with Gasteiger partial charge in [0.05, 0.1) is 0 Å². The largest absolute Gasteiger partial charge is 0.324 e. The minimum atomic E-state index is -0.441. The number of nitrogens with zero attached hydrogens (tertiary/aromatic N) is 3. The zero-order valence-electron chi connectivity index (χ0n) is 18.7. The number of carbonyl (C=O) groups excluding carboxylic acids is 2. The monoisotopic (exact) mass is 430 g/mol. The van der Waals surface area contributed by atoms with Crippen molar-refractivity contribution in [3.8, 4) is 0 Å². The lowest BCUT2D eigenvalue weighted by Crippen LogP contribution is -2.38. The highest BCUT2D eigenvalue weighted by Crippen LogP contribution is 2.32. The third-order valence-corrected chi connectivity index (χ3v) is 5.75. The number of nitrogens with one attached hydrogen (secondary N) is 1. The van der Waals surface area contributed by atoms with Crippen molar-refractivity contribution in [2.45, 2.75) is 46.7 Å². The summed E-state index contributed by atoms with van der Waals surface area (Å²) in [5.41, 5.74) is 5.37. The number of hydrogen-bond acceptors (Lipinski definition) is 4. The molecule has 2 aromatic carbocycles. The molecule has 0 unspecified atom stereocenters. The van der Waals surface area contributed by atoms with Crippen LogP contribution in [0.25, 0.3) is 0 Å². The summed E-state index contributed by atoms with van der Waals surface area (Å²) < 4.78 is 1.04. The van der Waals surface area contributed by atoms with Gasteiger partial charge in [-0.25, -0.2) is 4.68 Å². The number of aromatic nitrogens is 2. The van der Waals surface area contributed by atoms with E-state index in [1.54, 1.807) is 4.90 Å². The molecule has 0 bridgehead atoms. The highest BCUT2D eigenvalue weighted by molar-refractivity contribution is 6.06. The second kappa shape index (κ2) is 8.42. The second-order valence-electron chi connectivity index (χ2n) is 8.39. The maximum absolute atomic E-state index is 13.2. The molecular weight excluding hydrogens is 404 g/mol. The van der Waals surface area contributed by atoms with E-state index in [2.05, 4.69) is 10.4 Å². The summed E-state index contributed by atoms with van der Waals surface area (Å²) >= 11 is 0. The van der Waals surface area contributed by atoms with E-state index in [0.29, 0.717) is 0 Å². The Morgan fingerprint density at radius 3 is 2.47 bits per heavy atom. The fourth-order valence-corrected chi connectivity index (χ4v) is 4.37. The summed E-state index contributed by atoms with van der Waals surface area (Å²) in [6, 6.07) is 14.4. The van der Waals surface area contributed by atoms with Gasteiger partial charge in [0, 0.05) is 23.5 Å². The van der Waals surface area contributed by atoms with Gasteiger partial charge in [-0.1, -0.05) is 35.9 Å². The first-order valence-corrected chi connectivity index (χ1v) is 10.6. The van der Waals surface area contributed by atoms with E-state index in [4.69, 9.17) is 0 Å². The van der Waals surface area contributed by atoms with Crippen molar-refractivity contribution in [2.24, 2.45) is 0 Å². The van der Waals surface area contributed by atoms with E-state index in [1.807, 2.05) is 64.1 Å². The molecule has 7 nitrogen and oxygen atoms in total. The molecule has 0 saturated carbocycles. The summed E-state index contributed by atoms with van der Waals surface area (Å²) in [7, 11) is 0. The van der Waals surface area contributed by atoms with Gasteiger partial charge < -0.3 is 10.2 Å². The smallest absolute Gasteiger partial charge is 0.278 e. The Balaban J connectivity index is 1.57. The van der Waals surface area contributed by atoms with Gasteiger partial charge in [-0.3, -0.25) is 14.4 Å². The number of anilines is 2. The first-order valence-electron chi connectivity index (χ1n) is 10.6.